The van der Waals surface area contributed by atoms with Gasteiger partial charge in [0.1, 0.15) is 5.82 Å². The van der Waals surface area contributed by atoms with E-state index in [0.29, 0.717) is 22.2 Å². The van der Waals surface area contributed by atoms with Crippen molar-refractivity contribution >= 4 is 22.9 Å². The lowest BCUT2D eigenvalue weighted by Gasteiger charge is -2.14. The van der Waals surface area contributed by atoms with Gasteiger partial charge in [0.05, 0.1) is 24.1 Å². The minimum Gasteiger partial charge on any atom is -0.481 e. The van der Waals surface area contributed by atoms with E-state index >= 15 is 0 Å². The summed E-state index contributed by atoms with van der Waals surface area (Å²) in [6, 6.07) is 11.4. The number of aliphatic hydroxyl groups excluding tert-OH is 2. The summed E-state index contributed by atoms with van der Waals surface area (Å²) in [6.07, 6.45) is 0.171. The first kappa shape index (κ1) is 23.4. The molecule has 1 aromatic heterocycles. The molecule has 4 N–H and O–H groups in total. The largest absolute Gasteiger partial charge is 0.481 e. The minimum absolute atomic E-state index is 0.0886. The lowest BCUT2D eigenvalue weighted by atomic mass is 9.96. The molecule has 3 aromatic rings. The fraction of sp³-hybridized carbons (Fsp3) is 0.280. The lowest BCUT2D eigenvalue weighted by molar-refractivity contribution is -0.139. The fourth-order valence-corrected chi connectivity index (χ4v) is 3.70. The van der Waals surface area contributed by atoms with Gasteiger partial charge in [0.25, 0.3) is 0 Å². The zero-order chi connectivity index (χ0) is 23.4. The number of fused-ring (bicyclic) bond motifs is 1. The molecule has 32 heavy (non-hydrogen) atoms. The Morgan fingerprint density at radius 3 is 2.38 bits per heavy atom. The standard InChI is InChI=1S/C25H26FNO5/c1-14(2)24-21(10-8-18(28)12-19(29)13-23(30)31)27-22-11-16(5-9-20(22)25(24)32)15-3-6-17(26)7-4-15/h3-11,14,18-19,28-29H,12-13H2,1-2H3,(H,27,32)(H,30,31)/t18-,19-/m1/s1. The maximum absolute atomic E-state index is 13.3. The van der Waals surface area contributed by atoms with Crippen LogP contribution in [0.25, 0.3) is 28.1 Å². The van der Waals surface area contributed by atoms with Crippen molar-refractivity contribution in [2.45, 2.75) is 44.8 Å². The molecule has 0 aliphatic rings. The molecule has 0 saturated heterocycles. The molecule has 0 aliphatic carbocycles. The number of hydrogen-bond acceptors (Lipinski definition) is 4. The van der Waals surface area contributed by atoms with Gasteiger partial charge >= 0.3 is 5.97 Å². The van der Waals surface area contributed by atoms with Gasteiger partial charge in [-0.3, -0.25) is 9.59 Å². The van der Waals surface area contributed by atoms with E-state index in [-0.39, 0.29) is 23.6 Å². The number of hydrogen-bond donors (Lipinski definition) is 4. The molecule has 6 nitrogen and oxygen atoms in total. The molecule has 0 radical (unpaired) electrons. The Morgan fingerprint density at radius 2 is 1.75 bits per heavy atom. The molecule has 0 unspecified atom stereocenters. The molecule has 7 heteroatoms. The van der Waals surface area contributed by atoms with Gasteiger partial charge in [0.2, 0.25) is 0 Å². The number of rotatable bonds is 8. The number of halogens is 1. The summed E-state index contributed by atoms with van der Waals surface area (Å²) >= 11 is 0. The summed E-state index contributed by atoms with van der Waals surface area (Å²) in [5.41, 5.74) is 3.18. The summed E-state index contributed by atoms with van der Waals surface area (Å²) < 4.78 is 13.3. The normalized spacial score (nSPS) is 13.7. The van der Waals surface area contributed by atoms with Gasteiger partial charge in [-0.25, -0.2) is 4.39 Å². The third-order valence-corrected chi connectivity index (χ3v) is 5.23. The average molecular weight is 439 g/mol. The summed E-state index contributed by atoms with van der Waals surface area (Å²) in [5, 5.41) is 29.1. The van der Waals surface area contributed by atoms with Crippen LogP contribution in [0.15, 0.2) is 53.3 Å². The van der Waals surface area contributed by atoms with Gasteiger partial charge in [-0.2, -0.15) is 0 Å². The van der Waals surface area contributed by atoms with Crippen LogP contribution < -0.4 is 5.43 Å². The van der Waals surface area contributed by atoms with Crippen molar-refractivity contribution < 1.29 is 24.5 Å². The van der Waals surface area contributed by atoms with Crippen LogP contribution in [-0.4, -0.2) is 38.5 Å². The first-order chi connectivity index (χ1) is 15.2. The van der Waals surface area contributed by atoms with Gasteiger partial charge in [-0.05, 0) is 47.4 Å². The second kappa shape index (κ2) is 9.89. The Balaban J connectivity index is 2.00. The molecule has 1 heterocycles. The molecule has 2 atom stereocenters. The highest BCUT2D eigenvalue weighted by atomic mass is 19.1. The van der Waals surface area contributed by atoms with E-state index < -0.39 is 24.6 Å². The smallest absolute Gasteiger partial charge is 0.305 e. The van der Waals surface area contributed by atoms with Gasteiger partial charge in [0, 0.05) is 23.1 Å². The van der Waals surface area contributed by atoms with Crippen LogP contribution in [-0.2, 0) is 4.79 Å². The van der Waals surface area contributed by atoms with Crippen molar-refractivity contribution in [3.8, 4) is 11.1 Å². The van der Waals surface area contributed by atoms with Crippen LogP contribution in [0.4, 0.5) is 4.39 Å². The van der Waals surface area contributed by atoms with Gasteiger partial charge < -0.3 is 20.3 Å². The second-order valence-electron chi connectivity index (χ2n) is 8.12. The van der Waals surface area contributed by atoms with E-state index in [1.807, 2.05) is 26.0 Å². The predicted molar refractivity (Wildman–Crippen MR) is 122 cm³/mol. The number of benzene rings is 2. The summed E-state index contributed by atoms with van der Waals surface area (Å²) in [4.78, 5) is 27.1. The Hall–Kier alpha value is -3.29. The molecule has 2 aromatic carbocycles. The van der Waals surface area contributed by atoms with E-state index in [2.05, 4.69) is 4.98 Å². The summed E-state index contributed by atoms with van der Waals surface area (Å²) in [5.74, 6) is -1.56. The van der Waals surface area contributed by atoms with Gasteiger partial charge in [-0.1, -0.05) is 38.1 Å². The highest BCUT2D eigenvalue weighted by Crippen LogP contribution is 2.25. The van der Waals surface area contributed by atoms with E-state index in [9.17, 15) is 24.2 Å². The Bertz CT molecular complexity index is 1200. The van der Waals surface area contributed by atoms with Crippen molar-refractivity contribution in [1.29, 1.82) is 0 Å². The molecular weight excluding hydrogens is 413 g/mol. The third-order valence-electron chi connectivity index (χ3n) is 5.23. The SMILES string of the molecule is CC(C)c1c(C=C[C@@H](O)C[C@@H](O)CC(=O)O)[nH]c2cc(-c3ccc(F)cc3)ccc2c1=O. The van der Waals surface area contributed by atoms with E-state index in [1.165, 1.54) is 18.2 Å². The maximum atomic E-state index is 13.3. The number of carboxylic acids is 1. The quantitative estimate of drug-likeness (QED) is 0.423. The highest BCUT2D eigenvalue weighted by molar-refractivity contribution is 5.86. The molecule has 0 aliphatic heterocycles. The predicted octanol–water partition coefficient (Wildman–Crippen LogP) is 4.06. The Morgan fingerprint density at radius 1 is 1.09 bits per heavy atom. The van der Waals surface area contributed by atoms with Crippen molar-refractivity contribution in [2.24, 2.45) is 0 Å². The van der Waals surface area contributed by atoms with Crippen LogP contribution in [0.2, 0.25) is 0 Å². The first-order valence-corrected chi connectivity index (χ1v) is 10.4. The molecule has 0 spiro atoms. The van der Waals surface area contributed by atoms with Crippen LogP contribution in [0, 0.1) is 5.82 Å². The van der Waals surface area contributed by atoms with Crippen molar-refractivity contribution in [2.75, 3.05) is 0 Å². The number of aromatic nitrogens is 1. The first-order valence-electron chi connectivity index (χ1n) is 10.4. The second-order valence-corrected chi connectivity index (χ2v) is 8.12. The van der Waals surface area contributed by atoms with Crippen LogP contribution >= 0.6 is 0 Å². The number of carboxylic acid groups (broad SMARTS) is 1. The zero-order valence-corrected chi connectivity index (χ0v) is 17.9. The summed E-state index contributed by atoms with van der Waals surface area (Å²) in [6.45, 7) is 3.79. The minimum atomic E-state index is -1.18. The molecule has 0 saturated carbocycles. The Kier molecular flexibility index (Phi) is 7.22. The van der Waals surface area contributed by atoms with Gasteiger partial charge in [0.15, 0.2) is 5.43 Å². The van der Waals surface area contributed by atoms with Crippen LogP contribution in [0.3, 0.4) is 0 Å². The molecule has 168 valence electrons. The average Bonchev–Trinajstić information content (AvgIpc) is 2.71. The number of H-pyrrole nitrogens is 1. The number of pyridine rings is 1. The third kappa shape index (κ3) is 5.49. The monoisotopic (exact) mass is 439 g/mol. The summed E-state index contributed by atoms with van der Waals surface area (Å²) in [7, 11) is 0. The number of aliphatic hydroxyl groups is 2. The topological polar surface area (TPSA) is 111 Å². The molecule has 3 rings (SSSR count). The van der Waals surface area contributed by atoms with E-state index in [0.717, 1.165) is 11.1 Å². The molecule has 0 amide bonds. The maximum Gasteiger partial charge on any atom is 0.305 e. The van der Waals surface area contributed by atoms with E-state index in [4.69, 9.17) is 5.11 Å². The van der Waals surface area contributed by atoms with E-state index in [1.54, 1.807) is 24.3 Å². The molecular formula is C25H26FNO5. The molecule has 0 fully saturated rings. The van der Waals surface area contributed by atoms with Crippen LogP contribution in [0.1, 0.15) is 43.9 Å². The zero-order valence-electron chi connectivity index (χ0n) is 17.9. The number of carbonyl (C=O) groups is 1. The number of aliphatic carboxylic acids is 1. The van der Waals surface area contributed by atoms with Crippen LogP contribution in [0.5, 0.6) is 0 Å². The van der Waals surface area contributed by atoms with Crippen molar-refractivity contribution in [1.82, 2.24) is 4.98 Å². The fourth-order valence-electron chi connectivity index (χ4n) is 3.70. The molecule has 0 bridgehead atoms. The van der Waals surface area contributed by atoms with Gasteiger partial charge in [-0.15, -0.1) is 0 Å². The van der Waals surface area contributed by atoms with Crippen molar-refractivity contribution in [3.05, 3.63) is 75.8 Å². The number of nitrogens with one attached hydrogen (secondary N) is 1. The lowest BCUT2D eigenvalue weighted by Crippen LogP contribution is -2.19. The van der Waals surface area contributed by atoms with Crippen molar-refractivity contribution in [3.63, 3.8) is 0 Å². The highest BCUT2D eigenvalue weighted by Gasteiger charge is 2.16. The number of aromatic amines is 1. The Labute approximate surface area is 184 Å².